The summed E-state index contributed by atoms with van der Waals surface area (Å²) in [6.07, 6.45) is 2.74. The fourth-order valence-electron chi connectivity index (χ4n) is 1.20. The van der Waals surface area contributed by atoms with Crippen molar-refractivity contribution in [2.24, 2.45) is 11.5 Å². The van der Waals surface area contributed by atoms with Crippen LogP contribution in [0.5, 0.6) is 0 Å². The van der Waals surface area contributed by atoms with Crippen molar-refractivity contribution >= 4 is 11.9 Å². The molecule has 0 bridgehead atoms. The summed E-state index contributed by atoms with van der Waals surface area (Å²) in [6.45, 7) is 1.54. The second-order valence-corrected chi connectivity index (χ2v) is 3.53. The van der Waals surface area contributed by atoms with E-state index >= 15 is 0 Å². The summed E-state index contributed by atoms with van der Waals surface area (Å²) < 4.78 is 1.23. The molecule has 88 valence electrons. The summed E-state index contributed by atoms with van der Waals surface area (Å²) in [5, 5.41) is 8.66. The SMILES string of the molecule is C[C@H](N)C(=O)n1cncc1C[C@H](N)C(=O)O. The van der Waals surface area contributed by atoms with E-state index in [9.17, 15) is 9.59 Å². The second-order valence-electron chi connectivity index (χ2n) is 3.53. The van der Waals surface area contributed by atoms with Crippen molar-refractivity contribution < 1.29 is 14.7 Å². The maximum absolute atomic E-state index is 11.6. The van der Waals surface area contributed by atoms with Gasteiger partial charge in [-0.1, -0.05) is 0 Å². The molecule has 16 heavy (non-hydrogen) atoms. The van der Waals surface area contributed by atoms with Crippen LogP contribution in [0, 0.1) is 0 Å². The minimum Gasteiger partial charge on any atom is -0.480 e. The zero-order chi connectivity index (χ0) is 12.3. The Morgan fingerprint density at radius 3 is 2.69 bits per heavy atom. The Hall–Kier alpha value is -1.73. The van der Waals surface area contributed by atoms with E-state index in [-0.39, 0.29) is 12.3 Å². The average Bonchev–Trinajstić information content (AvgIpc) is 2.64. The van der Waals surface area contributed by atoms with Gasteiger partial charge in [-0.15, -0.1) is 0 Å². The van der Waals surface area contributed by atoms with E-state index in [1.807, 2.05) is 0 Å². The number of nitrogens with zero attached hydrogens (tertiary/aromatic N) is 2. The van der Waals surface area contributed by atoms with Crippen LogP contribution in [0.25, 0.3) is 0 Å². The third-order valence-electron chi connectivity index (χ3n) is 2.09. The smallest absolute Gasteiger partial charge is 0.320 e. The highest BCUT2D eigenvalue weighted by molar-refractivity contribution is 5.84. The monoisotopic (exact) mass is 226 g/mol. The molecule has 0 radical (unpaired) electrons. The number of carbonyl (C=O) groups excluding carboxylic acids is 1. The molecule has 0 saturated heterocycles. The fraction of sp³-hybridized carbons (Fsp3) is 0.444. The predicted molar refractivity (Wildman–Crippen MR) is 55.8 cm³/mol. The molecule has 1 aromatic heterocycles. The zero-order valence-corrected chi connectivity index (χ0v) is 8.83. The van der Waals surface area contributed by atoms with Gasteiger partial charge in [0.15, 0.2) is 0 Å². The molecule has 0 aliphatic rings. The van der Waals surface area contributed by atoms with Crippen molar-refractivity contribution in [2.45, 2.75) is 25.4 Å². The average molecular weight is 226 g/mol. The van der Waals surface area contributed by atoms with E-state index in [4.69, 9.17) is 16.6 Å². The summed E-state index contributed by atoms with van der Waals surface area (Å²) >= 11 is 0. The van der Waals surface area contributed by atoms with Gasteiger partial charge in [0.1, 0.15) is 12.4 Å². The van der Waals surface area contributed by atoms with Gasteiger partial charge in [0.2, 0.25) is 5.91 Å². The summed E-state index contributed by atoms with van der Waals surface area (Å²) in [7, 11) is 0. The molecule has 1 aromatic rings. The van der Waals surface area contributed by atoms with Crippen LogP contribution >= 0.6 is 0 Å². The van der Waals surface area contributed by atoms with E-state index in [1.54, 1.807) is 6.92 Å². The number of carboxylic acids is 1. The van der Waals surface area contributed by atoms with E-state index < -0.39 is 18.1 Å². The molecule has 2 atom stereocenters. The number of hydrogen-bond acceptors (Lipinski definition) is 5. The second kappa shape index (κ2) is 4.86. The van der Waals surface area contributed by atoms with Gasteiger partial charge in [-0.25, -0.2) is 4.98 Å². The molecule has 0 saturated carbocycles. The third kappa shape index (κ3) is 2.65. The van der Waals surface area contributed by atoms with Gasteiger partial charge >= 0.3 is 5.97 Å². The molecule has 0 spiro atoms. The summed E-state index contributed by atoms with van der Waals surface area (Å²) in [4.78, 5) is 25.9. The number of carboxylic acid groups (broad SMARTS) is 1. The number of aliphatic carboxylic acids is 1. The lowest BCUT2D eigenvalue weighted by Gasteiger charge is -2.10. The van der Waals surface area contributed by atoms with Crippen molar-refractivity contribution in [1.82, 2.24) is 9.55 Å². The Morgan fingerprint density at radius 1 is 1.56 bits per heavy atom. The lowest BCUT2D eigenvalue weighted by atomic mass is 10.2. The van der Waals surface area contributed by atoms with Gasteiger partial charge in [0.25, 0.3) is 0 Å². The standard InChI is InChI=1S/C9H14N4O3/c1-5(10)8(14)13-4-12-3-6(13)2-7(11)9(15)16/h3-5,7H,2,10-11H2,1H3,(H,15,16)/t5-,7-/m0/s1. The Balaban J connectivity index is 2.86. The van der Waals surface area contributed by atoms with Crippen LogP contribution in [0.15, 0.2) is 12.5 Å². The maximum Gasteiger partial charge on any atom is 0.320 e. The minimum absolute atomic E-state index is 0.0355. The van der Waals surface area contributed by atoms with Crippen LogP contribution < -0.4 is 11.5 Å². The highest BCUT2D eigenvalue weighted by atomic mass is 16.4. The van der Waals surface area contributed by atoms with Gasteiger partial charge in [-0.05, 0) is 6.92 Å². The summed E-state index contributed by atoms with van der Waals surface area (Å²) in [6, 6.07) is -1.73. The number of imidazole rings is 1. The molecule has 7 nitrogen and oxygen atoms in total. The largest absolute Gasteiger partial charge is 0.480 e. The number of aromatic nitrogens is 2. The lowest BCUT2D eigenvalue weighted by Crippen LogP contribution is -2.36. The van der Waals surface area contributed by atoms with Crippen molar-refractivity contribution in [2.75, 3.05) is 0 Å². The first-order valence-corrected chi connectivity index (χ1v) is 4.73. The zero-order valence-electron chi connectivity index (χ0n) is 8.83. The van der Waals surface area contributed by atoms with Gasteiger partial charge in [0, 0.05) is 18.3 Å². The van der Waals surface area contributed by atoms with Crippen LogP contribution in [-0.2, 0) is 11.2 Å². The van der Waals surface area contributed by atoms with Crippen LogP contribution in [0.1, 0.15) is 17.4 Å². The Morgan fingerprint density at radius 2 is 2.19 bits per heavy atom. The molecule has 0 aliphatic carbocycles. The van der Waals surface area contributed by atoms with Crippen LogP contribution in [0.2, 0.25) is 0 Å². The summed E-state index contributed by atoms with van der Waals surface area (Å²) in [5.41, 5.74) is 11.3. The Kier molecular flexibility index (Phi) is 3.75. The van der Waals surface area contributed by atoms with Gasteiger partial charge in [-0.3, -0.25) is 14.2 Å². The molecule has 0 unspecified atom stereocenters. The van der Waals surface area contributed by atoms with Gasteiger partial charge < -0.3 is 16.6 Å². The highest BCUT2D eigenvalue weighted by Crippen LogP contribution is 2.04. The number of carbonyl (C=O) groups is 2. The first-order valence-electron chi connectivity index (χ1n) is 4.73. The maximum atomic E-state index is 11.6. The van der Waals surface area contributed by atoms with Gasteiger partial charge in [0.05, 0.1) is 6.04 Å². The van der Waals surface area contributed by atoms with E-state index in [2.05, 4.69) is 4.98 Å². The molecule has 0 amide bonds. The predicted octanol–water partition coefficient (Wildman–Crippen LogP) is -1.18. The van der Waals surface area contributed by atoms with E-state index in [1.165, 1.54) is 17.1 Å². The normalized spacial score (nSPS) is 14.4. The quantitative estimate of drug-likeness (QED) is 0.593. The first-order chi connectivity index (χ1) is 7.43. The van der Waals surface area contributed by atoms with Crippen molar-refractivity contribution in [3.63, 3.8) is 0 Å². The molecule has 1 heterocycles. The fourth-order valence-corrected chi connectivity index (χ4v) is 1.20. The molecule has 7 heteroatoms. The molecule has 0 fully saturated rings. The summed E-state index contributed by atoms with van der Waals surface area (Å²) in [5.74, 6) is -1.47. The van der Waals surface area contributed by atoms with E-state index in [0.717, 1.165) is 0 Å². The minimum atomic E-state index is -1.12. The lowest BCUT2D eigenvalue weighted by molar-refractivity contribution is -0.138. The number of nitrogens with two attached hydrogens (primary N) is 2. The number of rotatable bonds is 4. The molecule has 0 aromatic carbocycles. The first kappa shape index (κ1) is 12.3. The van der Waals surface area contributed by atoms with Gasteiger partial charge in [-0.2, -0.15) is 0 Å². The van der Waals surface area contributed by atoms with Crippen LogP contribution in [0.4, 0.5) is 0 Å². The Labute approximate surface area is 92.1 Å². The molecule has 0 aliphatic heterocycles. The Bertz CT molecular complexity index is 399. The van der Waals surface area contributed by atoms with Crippen molar-refractivity contribution in [1.29, 1.82) is 0 Å². The topological polar surface area (TPSA) is 124 Å². The molecular weight excluding hydrogens is 212 g/mol. The van der Waals surface area contributed by atoms with Crippen LogP contribution in [0.3, 0.4) is 0 Å². The molecular formula is C9H14N4O3. The highest BCUT2D eigenvalue weighted by Gasteiger charge is 2.18. The third-order valence-corrected chi connectivity index (χ3v) is 2.09. The van der Waals surface area contributed by atoms with Crippen molar-refractivity contribution in [3.8, 4) is 0 Å². The van der Waals surface area contributed by atoms with E-state index in [0.29, 0.717) is 5.69 Å². The molecule has 1 rings (SSSR count). The molecule has 5 N–H and O–H groups in total. The van der Waals surface area contributed by atoms with Crippen molar-refractivity contribution in [3.05, 3.63) is 18.2 Å². The van der Waals surface area contributed by atoms with Crippen LogP contribution in [-0.4, -0.2) is 38.6 Å². The number of hydrogen-bond donors (Lipinski definition) is 3.